The van der Waals surface area contributed by atoms with Crippen molar-refractivity contribution in [2.24, 2.45) is 0 Å². The largest absolute Gasteiger partial charge is 0.465 e. The van der Waals surface area contributed by atoms with E-state index >= 15 is 0 Å². The Morgan fingerprint density at radius 1 is 1.57 bits per heavy atom. The Hall–Kier alpha value is -0.960. The van der Waals surface area contributed by atoms with Crippen molar-refractivity contribution in [3.8, 4) is 5.95 Å². The normalized spacial score (nSPS) is 18.1. The second kappa shape index (κ2) is 4.05. The first-order valence-corrected chi connectivity index (χ1v) is 5.28. The molecule has 1 aliphatic carbocycles. The van der Waals surface area contributed by atoms with E-state index < -0.39 is 0 Å². The van der Waals surface area contributed by atoms with Crippen LogP contribution in [-0.4, -0.2) is 12.6 Å². The molecule has 1 unspecified atom stereocenters. The van der Waals surface area contributed by atoms with E-state index in [9.17, 15) is 0 Å². The summed E-state index contributed by atoms with van der Waals surface area (Å²) >= 11 is 0. The quantitative estimate of drug-likeness (QED) is 0.783. The van der Waals surface area contributed by atoms with Crippen LogP contribution in [0.25, 0.3) is 0 Å². The van der Waals surface area contributed by atoms with Crippen molar-refractivity contribution < 1.29 is 9.15 Å². The zero-order valence-electron chi connectivity index (χ0n) is 8.75. The Balaban J connectivity index is 1.92. The third-order valence-electron chi connectivity index (χ3n) is 2.38. The van der Waals surface area contributed by atoms with Gasteiger partial charge in [-0.25, -0.2) is 0 Å². The molecule has 3 nitrogen and oxygen atoms in total. The maximum Gasteiger partial charge on any atom is 0.284 e. The Bertz CT molecular complexity index is 291. The molecule has 2 rings (SSSR count). The van der Waals surface area contributed by atoms with Gasteiger partial charge >= 0.3 is 0 Å². The van der Waals surface area contributed by atoms with Crippen LogP contribution in [0.4, 0.5) is 0 Å². The second-order valence-corrected chi connectivity index (χ2v) is 3.75. The lowest BCUT2D eigenvalue weighted by molar-refractivity contribution is 0.244. The number of rotatable bonds is 5. The molecule has 0 aliphatic heterocycles. The Morgan fingerprint density at radius 2 is 2.36 bits per heavy atom. The smallest absolute Gasteiger partial charge is 0.284 e. The summed E-state index contributed by atoms with van der Waals surface area (Å²) in [5.74, 6) is 1.58. The third-order valence-corrected chi connectivity index (χ3v) is 2.38. The van der Waals surface area contributed by atoms with Gasteiger partial charge in [-0.3, -0.25) is 0 Å². The summed E-state index contributed by atoms with van der Waals surface area (Å²) in [7, 11) is 0. The Labute approximate surface area is 84.4 Å². The van der Waals surface area contributed by atoms with Crippen LogP contribution in [0.15, 0.2) is 16.5 Å². The van der Waals surface area contributed by atoms with E-state index in [0.29, 0.717) is 18.6 Å². The molecule has 14 heavy (non-hydrogen) atoms. The third kappa shape index (κ3) is 2.29. The Kier molecular flexibility index (Phi) is 2.77. The van der Waals surface area contributed by atoms with Crippen LogP contribution >= 0.6 is 0 Å². The molecule has 1 atom stereocenters. The van der Waals surface area contributed by atoms with Gasteiger partial charge in [0.2, 0.25) is 0 Å². The highest BCUT2D eigenvalue weighted by Crippen LogP contribution is 2.26. The molecule has 1 heterocycles. The highest BCUT2D eigenvalue weighted by molar-refractivity contribution is 5.14. The fourth-order valence-electron chi connectivity index (χ4n) is 1.47. The van der Waals surface area contributed by atoms with E-state index in [1.165, 1.54) is 12.8 Å². The average Bonchev–Trinajstić information content (AvgIpc) is 2.83. The molecule has 1 aliphatic rings. The van der Waals surface area contributed by atoms with E-state index in [1.807, 2.05) is 19.1 Å². The number of ether oxygens (including phenoxy) is 1. The molecule has 1 fully saturated rings. The van der Waals surface area contributed by atoms with Gasteiger partial charge in [-0.1, -0.05) is 0 Å². The van der Waals surface area contributed by atoms with Crippen LogP contribution in [0.1, 0.15) is 38.5 Å². The summed E-state index contributed by atoms with van der Waals surface area (Å²) in [6.07, 6.45) is 2.59. The lowest BCUT2D eigenvalue weighted by Crippen LogP contribution is -2.20. The minimum atomic E-state index is 0.289. The zero-order valence-corrected chi connectivity index (χ0v) is 8.75. The SMILES string of the molecule is CCOc1ccc(C(C)NC2CC2)o1. The molecule has 0 saturated heterocycles. The van der Waals surface area contributed by atoms with Gasteiger partial charge in [0.25, 0.3) is 5.95 Å². The minimum Gasteiger partial charge on any atom is -0.465 e. The minimum absolute atomic E-state index is 0.289. The predicted octanol–water partition coefficient (Wildman–Crippen LogP) is 2.49. The Morgan fingerprint density at radius 3 is 3.00 bits per heavy atom. The van der Waals surface area contributed by atoms with E-state index in [4.69, 9.17) is 9.15 Å². The van der Waals surface area contributed by atoms with Crippen LogP contribution in [-0.2, 0) is 0 Å². The molecule has 0 spiro atoms. The van der Waals surface area contributed by atoms with Gasteiger partial charge in [0.15, 0.2) is 0 Å². The van der Waals surface area contributed by atoms with Gasteiger partial charge in [0, 0.05) is 12.1 Å². The van der Waals surface area contributed by atoms with E-state index in [0.717, 1.165) is 5.76 Å². The van der Waals surface area contributed by atoms with Crippen molar-refractivity contribution in [3.63, 3.8) is 0 Å². The molecule has 1 aromatic rings. The van der Waals surface area contributed by atoms with E-state index in [1.54, 1.807) is 0 Å². The van der Waals surface area contributed by atoms with Crippen LogP contribution in [0.2, 0.25) is 0 Å². The molecule has 1 aromatic heterocycles. The molecular weight excluding hydrogens is 178 g/mol. The molecule has 1 N–H and O–H groups in total. The predicted molar refractivity (Wildman–Crippen MR) is 54.4 cm³/mol. The standard InChI is InChI=1S/C11H17NO2/c1-3-13-11-7-6-10(14-11)8(2)12-9-4-5-9/h6-9,12H,3-5H2,1-2H3. The molecule has 0 aromatic carbocycles. The maximum absolute atomic E-state index is 5.53. The lowest BCUT2D eigenvalue weighted by atomic mass is 10.2. The van der Waals surface area contributed by atoms with Gasteiger partial charge in [0.05, 0.1) is 12.6 Å². The number of hydrogen-bond acceptors (Lipinski definition) is 3. The van der Waals surface area contributed by atoms with Gasteiger partial charge in [-0.05, 0) is 32.8 Å². The van der Waals surface area contributed by atoms with Crippen molar-refractivity contribution in [2.45, 2.75) is 38.8 Å². The van der Waals surface area contributed by atoms with Crippen LogP contribution in [0, 0.1) is 0 Å². The zero-order chi connectivity index (χ0) is 9.97. The molecule has 3 heteroatoms. The van der Waals surface area contributed by atoms with Crippen molar-refractivity contribution in [2.75, 3.05) is 6.61 Å². The number of nitrogens with one attached hydrogen (secondary N) is 1. The van der Waals surface area contributed by atoms with E-state index in [2.05, 4.69) is 12.2 Å². The van der Waals surface area contributed by atoms with Crippen LogP contribution < -0.4 is 10.1 Å². The summed E-state index contributed by atoms with van der Waals surface area (Å²) in [5.41, 5.74) is 0. The lowest BCUT2D eigenvalue weighted by Gasteiger charge is -2.09. The first-order valence-electron chi connectivity index (χ1n) is 5.28. The fourth-order valence-corrected chi connectivity index (χ4v) is 1.47. The van der Waals surface area contributed by atoms with Gasteiger partial charge in [-0.2, -0.15) is 0 Å². The highest BCUT2D eigenvalue weighted by atomic mass is 16.6. The molecule has 1 saturated carbocycles. The van der Waals surface area contributed by atoms with Crippen molar-refractivity contribution in [1.82, 2.24) is 5.32 Å². The summed E-state index contributed by atoms with van der Waals surface area (Å²) < 4.78 is 10.8. The molecule has 0 radical (unpaired) electrons. The summed E-state index contributed by atoms with van der Waals surface area (Å²) in [6.45, 7) is 4.72. The molecule has 0 amide bonds. The van der Waals surface area contributed by atoms with Crippen LogP contribution in [0.3, 0.4) is 0 Å². The second-order valence-electron chi connectivity index (χ2n) is 3.75. The first kappa shape index (κ1) is 9.59. The monoisotopic (exact) mass is 195 g/mol. The topological polar surface area (TPSA) is 34.4 Å². The maximum atomic E-state index is 5.53. The average molecular weight is 195 g/mol. The summed E-state index contributed by atoms with van der Waals surface area (Å²) in [4.78, 5) is 0. The number of hydrogen-bond donors (Lipinski definition) is 1. The van der Waals surface area contributed by atoms with Crippen molar-refractivity contribution in [1.29, 1.82) is 0 Å². The molecular formula is C11H17NO2. The van der Waals surface area contributed by atoms with Crippen molar-refractivity contribution >= 4 is 0 Å². The summed E-state index contributed by atoms with van der Waals surface area (Å²) in [5, 5.41) is 3.48. The van der Waals surface area contributed by atoms with Crippen LogP contribution in [0.5, 0.6) is 5.95 Å². The van der Waals surface area contributed by atoms with E-state index in [-0.39, 0.29) is 6.04 Å². The summed E-state index contributed by atoms with van der Waals surface area (Å²) in [6, 6.07) is 4.84. The van der Waals surface area contributed by atoms with Crippen molar-refractivity contribution in [3.05, 3.63) is 17.9 Å². The number of furan rings is 1. The molecule has 0 bridgehead atoms. The first-order chi connectivity index (χ1) is 6.79. The van der Waals surface area contributed by atoms with Gasteiger partial charge < -0.3 is 14.5 Å². The molecule has 78 valence electrons. The highest BCUT2D eigenvalue weighted by Gasteiger charge is 2.24. The van der Waals surface area contributed by atoms with Gasteiger partial charge in [-0.15, -0.1) is 0 Å². The fraction of sp³-hybridized carbons (Fsp3) is 0.636. The van der Waals surface area contributed by atoms with Gasteiger partial charge in [0.1, 0.15) is 5.76 Å².